The minimum Gasteiger partial charge on any atom is -0.365 e. The minimum atomic E-state index is -0.479. The van der Waals surface area contributed by atoms with Gasteiger partial charge in [-0.05, 0) is 44.5 Å². The van der Waals surface area contributed by atoms with Crippen LogP contribution in [0.15, 0.2) is 30.3 Å². The summed E-state index contributed by atoms with van der Waals surface area (Å²) in [4.78, 5) is 20.9. The molecule has 0 atom stereocenters. The van der Waals surface area contributed by atoms with Gasteiger partial charge in [0.2, 0.25) is 0 Å². The number of aryl methyl sites for hydroxylation is 3. The molecule has 0 bridgehead atoms. The van der Waals surface area contributed by atoms with E-state index in [9.17, 15) is 4.79 Å². The smallest absolute Gasteiger partial charge is 0.252 e. The van der Waals surface area contributed by atoms with Crippen LogP contribution in [0.4, 0.5) is 0 Å². The summed E-state index contributed by atoms with van der Waals surface area (Å²) >= 11 is 0. The van der Waals surface area contributed by atoms with Crippen molar-refractivity contribution in [3.05, 3.63) is 53.0 Å². The lowest BCUT2D eigenvalue weighted by atomic mass is 10.1. The molecule has 1 aromatic carbocycles. The van der Waals surface area contributed by atoms with Gasteiger partial charge in [-0.3, -0.25) is 9.36 Å². The minimum absolute atomic E-state index is 0.437. The molecule has 0 aliphatic heterocycles. The van der Waals surface area contributed by atoms with Crippen molar-refractivity contribution in [3.63, 3.8) is 0 Å². The molecular weight excluding hydrogens is 264 g/mol. The number of amides is 1. The summed E-state index contributed by atoms with van der Waals surface area (Å²) in [6.45, 7) is 5.66. The first kappa shape index (κ1) is 13.3. The molecule has 0 aliphatic rings. The molecule has 0 spiro atoms. The Morgan fingerprint density at radius 3 is 2.57 bits per heavy atom. The fraction of sp³-hybridized carbons (Fsp3) is 0.188. The first-order valence-electron chi connectivity index (χ1n) is 6.71. The number of fused-ring (bicyclic) bond motifs is 1. The summed E-state index contributed by atoms with van der Waals surface area (Å²) in [5.41, 5.74) is 9.43. The molecule has 0 aliphatic carbocycles. The first-order chi connectivity index (χ1) is 9.99. The van der Waals surface area contributed by atoms with Crippen LogP contribution in [0.1, 0.15) is 27.4 Å². The van der Waals surface area contributed by atoms with E-state index >= 15 is 0 Å². The highest BCUT2D eigenvalue weighted by atomic mass is 16.1. The van der Waals surface area contributed by atoms with E-state index in [0.29, 0.717) is 11.4 Å². The molecule has 0 saturated carbocycles. The zero-order valence-electron chi connectivity index (χ0n) is 12.2. The average molecular weight is 280 g/mol. The number of pyridine rings is 1. The number of hydrogen-bond donors (Lipinski definition) is 1. The molecule has 0 saturated heterocycles. The van der Waals surface area contributed by atoms with Crippen molar-refractivity contribution >= 4 is 16.9 Å². The molecule has 106 valence electrons. The summed E-state index contributed by atoms with van der Waals surface area (Å²) in [6.07, 6.45) is 0. The van der Waals surface area contributed by atoms with Gasteiger partial charge in [0.25, 0.3) is 5.91 Å². The number of carbonyl (C=O) groups is 1. The molecule has 5 heteroatoms. The molecule has 2 heterocycles. The van der Waals surface area contributed by atoms with Crippen LogP contribution in [0.25, 0.3) is 16.9 Å². The summed E-state index contributed by atoms with van der Waals surface area (Å²) < 4.78 is 1.88. The van der Waals surface area contributed by atoms with Crippen molar-refractivity contribution in [2.45, 2.75) is 20.8 Å². The number of rotatable bonds is 2. The Morgan fingerprint density at radius 2 is 1.86 bits per heavy atom. The average Bonchev–Trinajstić information content (AvgIpc) is 2.72. The van der Waals surface area contributed by atoms with Gasteiger partial charge in [0.1, 0.15) is 5.82 Å². The van der Waals surface area contributed by atoms with E-state index < -0.39 is 5.91 Å². The Hall–Kier alpha value is -2.69. The van der Waals surface area contributed by atoms with E-state index in [4.69, 9.17) is 5.73 Å². The fourth-order valence-corrected chi connectivity index (χ4v) is 2.70. The highest BCUT2D eigenvalue weighted by Gasteiger charge is 2.19. The second-order valence-electron chi connectivity index (χ2n) is 5.13. The van der Waals surface area contributed by atoms with Gasteiger partial charge in [0.05, 0.1) is 16.6 Å². The maximum Gasteiger partial charge on any atom is 0.252 e. The van der Waals surface area contributed by atoms with Crippen LogP contribution in [0.5, 0.6) is 0 Å². The normalized spacial score (nSPS) is 11.0. The van der Waals surface area contributed by atoms with Crippen molar-refractivity contribution in [1.29, 1.82) is 0 Å². The molecule has 0 radical (unpaired) electrons. The molecular formula is C16H16N4O. The molecule has 21 heavy (non-hydrogen) atoms. The van der Waals surface area contributed by atoms with Crippen LogP contribution >= 0.6 is 0 Å². The van der Waals surface area contributed by atoms with Crippen molar-refractivity contribution in [2.75, 3.05) is 0 Å². The lowest BCUT2D eigenvalue weighted by Gasteiger charge is -2.13. The fourth-order valence-electron chi connectivity index (χ4n) is 2.70. The number of benzene rings is 1. The number of carbonyl (C=O) groups excluding carboxylic acids is 1. The second-order valence-corrected chi connectivity index (χ2v) is 5.13. The number of nitrogens with zero attached hydrogens (tertiary/aromatic N) is 3. The third-order valence-electron chi connectivity index (χ3n) is 3.51. The number of primary amides is 1. The number of imidazole rings is 1. The number of hydrogen-bond acceptors (Lipinski definition) is 3. The van der Waals surface area contributed by atoms with Gasteiger partial charge in [-0.25, -0.2) is 9.97 Å². The van der Waals surface area contributed by atoms with E-state index in [1.54, 1.807) is 0 Å². The van der Waals surface area contributed by atoms with Gasteiger partial charge in [0.15, 0.2) is 5.82 Å². The topological polar surface area (TPSA) is 73.8 Å². The lowest BCUT2D eigenvalue weighted by molar-refractivity contribution is 0.0999. The highest BCUT2D eigenvalue weighted by molar-refractivity contribution is 5.98. The quantitative estimate of drug-likeness (QED) is 0.783. The van der Waals surface area contributed by atoms with Crippen LogP contribution in [0.3, 0.4) is 0 Å². The highest BCUT2D eigenvalue weighted by Crippen LogP contribution is 2.24. The molecule has 3 aromatic rings. The predicted octanol–water partition coefficient (Wildman–Crippen LogP) is 2.44. The maximum atomic E-state index is 11.8. The molecule has 5 nitrogen and oxygen atoms in total. The van der Waals surface area contributed by atoms with Gasteiger partial charge >= 0.3 is 0 Å². The lowest BCUT2D eigenvalue weighted by Crippen LogP contribution is -2.18. The Bertz CT molecular complexity index is 864. The van der Waals surface area contributed by atoms with Crippen LogP contribution in [-0.4, -0.2) is 20.4 Å². The van der Waals surface area contributed by atoms with Crippen LogP contribution in [0.2, 0.25) is 0 Å². The van der Waals surface area contributed by atoms with Gasteiger partial charge in [0, 0.05) is 5.69 Å². The Morgan fingerprint density at radius 1 is 1.14 bits per heavy atom. The van der Waals surface area contributed by atoms with E-state index in [1.807, 2.05) is 55.7 Å². The predicted molar refractivity (Wildman–Crippen MR) is 81.6 cm³/mol. The van der Waals surface area contributed by atoms with Crippen molar-refractivity contribution < 1.29 is 4.79 Å². The molecule has 0 unspecified atom stereocenters. The van der Waals surface area contributed by atoms with Crippen molar-refractivity contribution in [2.24, 2.45) is 5.73 Å². The Kier molecular flexibility index (Phi) is 2.97. The van der Waals surface area contributed by atoms with E-state index in [1.165, 1.54) is 0 Å². The summed E-state index contributed by atoms with van der Waals surface area (Å²) in [5.74, 6) is 0.842. The molecule has 1 amide bonds. The zero-order valence-corrected chi connectivity index (χ0v) is 12.2. The summed E-state index contributed by atoms with van der Waals surface area (Å²) in [5, 5.41) is 0. The molecule has 2 N–H and O–H groups in total. The maximum absolute atomic E-state index is 11.8. The van der Waals surface area contributed by atoms with Gasteiger partial charge < -0.3 is 5.73 Å². The number of aromatic nitrogens is 3. The monoisotopic (exact) mass is 280 g/mol. The van der Waals surface area contributed by atoms with Gasteiger partial charge in [-0.1, -0.05) is 12.1 Å². The zero-order chi connectivity index (χ0) is 15.1. The summed E-state index contributed by atoms with van der Waals surface area (Å²) in [6, 6.07) is 9.62. The van der Waals surface area contributed by atoms with Gasteiger partial charge in [-0.2, -0.15) is 0 Å². The third kappa shape index (κ3) is 2.07. The van der Waals surface area contributed by atoms with Crippen LogP contribution in [-0.2, 0) is 0 Å². The summed E-state index contributed by atoms with van der Waals surface area (Å²) in [7, 11) is 0. The first-order valence-corrected chi connectivity index (χ1v) is 6.71. The number of nitrogens with two attached hydrogens (primary N) is 1. The van der Waals surface area contributed by atoms with Crippen LogP contribution in [0, 0.1) is 20.8 Å². The number of para-hydroxylation sites is 2. The van der Waals surface area contributed by atoms with E-state index in [0.717, 1.165) is 28.1 Å². The Balaban J connectivity index is 2.43. The third-order valence-corrected chi connectivity index (χ3v) is 3.51. The van der Waals surface area contributed by atoms with E-state index in [-0.39, 0.29) is 0 Å². The largest absolute Gasteiger partial charge is 0.365 e. The molecule has 0 fully saturated rings. The van der Waals surface area contributed by atoms with Crippen LogP contribution < -0.4 is 5.73 Å². The van der Waals surface area contributed by atoms with Crippen molar-refractivity contribution in [3.8, 4) is 5.82 Å². The van der Waals surface area contributed by atoms with Gasteiger partial charge in [-0.15, -0.1) is 0 Å². The van der Waals surface area contributed by atoms with E-state index in [2.05, 4.69) is 9.97 Å². The standard InChI is InChI=1S/C16H16N4O/c1-9-8-10(2)18-16(14(9)15(17)21)20-11(3)19-12-6-4-5-7-13(12)20/h4-8H,1-3H3,(H2,17,21). The Labute approximate surface area is 122 Å². The molecule has 3 rings (SSSR count). The van der Waals surface area contributed by atoms with Crippen molar-refractivity contribution in [1.82, 2.24) is 14.5 Å². The second kappa shape index (κ2) is 4.70. The molecule has 2 aromatic heterocycles. The SMILES string of the molecule is Cc1cc(C)c(C(N)=O)c(-n2c(C)nc3ccccc32)n1.